The maximum absolute atomic E-state index is 13.5. The highest BCUT2D eigenvalue weighted by Crippen LogP contribution is 2.25. The summed E-state index contributed by atoms with van der Waals surface area (Å²) in [4.78, 5) is 26.2. The quantitative estimate of drug-likeness (QED) is 0.451. The molecule has 0 bridgehead atoms. The predicted octanol–water partition coefficient (Wildman–Crippen LogP) is 1.85. The van der Waals surface area contributed by atoms with Crippen LogP contribution in [0.4, 0.5) is 17.6 Å². The fraction of sp³-hybridized carbons (Fsp3) is 0.381. The third-order valence-corrected chi connectivity index (χ3v) is 5.88. The minimum absolute atomic E-state index is 0.0174. The van der Waals surface area contributed by atoms with Gasteiger partial charge in [0, 0.05) is 19.0 Å². The van der Waals surface area contributed by atoms with E-state index in [2.05, 4.69) is 20.6 Å². The van der Waals surface area contributed by atoms with Crippen molar-refractivity contribution in [2.45, 2.75) is 31.7 Å². The van der Waals surface area contributed by atoms with Crippen molar-refractivity contribution in [2.24, 2.45) is 0 Å². The van der Waals surface area contributed by atoms with E-state index >= 15 is 0 Å². The van der Waals surface area contributed by atoms with Crippen molar-refractivity contribution in [2.75, 3.05) is 36.4 Å². The summed E-state index contributed by atoms with van der Waals surface area (Å²) in [5.74, 6) is 0.903. The normalized spacial score (nSPS) is 16.4. The number of halogens is 1. The summed E-state index contributed by atoms with van der Waals surface area (Å²) in [6.45, 7) is 2.13. The van der Waals surface area contributed by atoms with E-state index in [1.807, 2.05) is 6.07 Å². The van der Waals surface area contributed by atoms with Gasteiger partial charge >= 0.3 is 0 Å². The van der Waals surface area contributed by atoms with Crippen molar-refractivity contribution in [3.05, 3.63) is 45.0 Å². The number of nitriles is 1. The Hall–Kier alpha value is -3.42. The molecule has 1 aliphatic rings. The molecule has 1 aliphatic heterocycles. The van der Waals surface area contributed by atoms with Crippen LogP contribution >= 0.6 is 11.6 Å². The highest BCUT2D eigenvalue weighted by Gasteiger charge is 2.22. The summed E-state index contributed by atoms with van der Waals surface area (Å²) in [7, 11) is 0. The van der Waals surface area contributed by atoms with Gasteiger partial charge in [-0.1, -0.05) is 17.7 Å². The summed E-state index contributed by atoms with van der Waals surface area (Å²) in [5.41, 5.74) is 12.0. The lowest BCUT2D eigenvalue weighted by Gasteiger charge is -2.22. The molecule has 1 fully saturated rings. The van der Waals surface area contributed by atoms with Crippen LogP contribution in [0.3, 0.4) is 0 Å². The van der Waals surface area contributed by atoms with Crippen LogP contribution in [0.25, 0.3) is 10.9 Å². The molecule has 11 heteroatoms. The molecule has 4 rings (SSSR count). The van der Waals surface area contributed by atoms with Crippen LogP contribution in [0.1, 0.15) is 36.7 Å². The molecule has 6 N–H and O–H groups in total. The number of nitrogens with one attached hydrogen (secondary N) is 2. The van der Waals surface area contributed by atoms with Crippen molar-refractivity contribution < 1.29 is 0 Å². The van der Waals surface area contributed by atoms with Gasteiger partial charge in [-0.05, 0) is 44.5 Å². The smallest absolute Gasteiger partial charge is 0.263 e. The average Bonchev–Trinajstić information content (AvgIpc) is 3.03. The number of nitrogen functional groups attached to an aromatic ring is 2. The topological polar surface area (TPSA) is 161 Å². The zero-order valence-corrected chi connectivity index (χ0v) is 18.2. The largest absolute Gasteiger partial charge is 0.382 e. The van der Waals surface area contributed by atoms with Gasteiger partial charge in [0.25, 0.3) is 5.56 Å². The standard InChI is InChI=1S/C21H24ClN9O/c22-14-4-1-5-15-17(14)20(32)31(12-3-2-8-26-9-6-12)16(28-15)7-10-27-19-13(11-23)18(24)29-21(25)30-19/h1,4-5,12,26H,2-3,6-10H2,(H5,24,25,27,29,30)/t12-/m1/s1. The third-order valence-electron chi connectivity index (χ3n) is 5.57. The number of benzene rings is 1. The Balaban J connectivity index is 1.70. The molecular weight excluding hydrogens is 430 g/mol. The lowest BCUT2D eigenvalue weighted by Crippen LogP contribution is -2.31. The molecular formula is C21H24ClN9O. The molecule has 0 amide bonds. The number of nitrogens with two attached hydrogens (primary N) is 2. The Bertz CT molecular complexity index is 1240. The first-order valence-corrected chi connectivity index (χ1v) is 10.8. The fourth-order valence-corrected chi connectivity index (χ4v) is 4.34. The molecule has 0 radical (unpaired) electrons. The summed E-state index contributed by atoms with van der Waals surface area (Å²) in [6, 6.07) is 7.30. The molecule has 0 saturated carbocycles. The van der Waals surface area contributed by atoms with Crippen LogP contribution in [-0.4, -0.2) is 39.2 Å². The van der Waals surface area contributed by atoms with E-state index in [1.165, 1.54) is 0 Å². The van der Waals surface area contributed by atoms with Crippen molar-refractivity contribution >= 4 is 40.1 Å². The molecule has 2 aromatic heterocycles. The molecule has 3 heterocycles. The maximum atomic E-state index is 13.5. The molecule has 0 spiro atoms. The van der Waals surface area contributed by atoms with E-state index in [4.69, 9.17) is 28.1 Å². The second kappa shape index (κ2) is 9.38. The number of aromatic nitrogens is 4. The highest BCUT2D eigenvalue weighted by atomic mass is 35.5. The summed E-state index contributed by atoms with van der Waals surface area (Å²) in [5, 5.41) is 16.7. The van der Waals surface area contributed by atoms with Crippen LogP contribution in [0, 0.1) is 11.3 Å². The second-order valence-corrected chi connectivity index (χ2v) is 8.06. The van der Waals surface area contributed by atoms with Gasteiger partial charge in [-0.2, -0.15) is 15.2 Å². The minimum atomic E-state index is -0.129. The number of anilines is 3. The van der Waals surface area contributed by atoms with Crippen molar-refractivity contribution in [1.29, 1.82) is 5.26 Å². The minimum Gasteiger partial charge on any atom is -0.382 e. The van der Waals surface area contributed by atoms with Gasteiger partial charge in [0.15, 0.2) is 5.82 Å². The van der Waals surface area contributed by atoms with Gasteiger partial charge in [-0.15, -0.1) is 0 Å². The first kappa shape index (κ1) is 21.8. The monoisotopic (exact) mass is 453 g/mol. The summed E-state index contributed by atoms with van der Waals surface area (Å²) >= 11 is 6.36. The zero-order valence-electron chi connectivity index (χ0n) is 17.4. The van der Waals surface area contributed by atoms with Crippen molar-refractivity contribution in [3.8, 4) is 6.07 Å². The van der Waals surface area contributed by atoms with Gasteiger partial charge in [0.05, 0.1) is 15.9 Å². The predicted molar refractivity (Wildman–Crippen MR) is 125 cm³/mol. The zero-order chi connectivity index (χ0) is 22.7. The molecule has 0 unspecified atom stereocenters. The number of fused-ring (bicyclic) bond motifs is 1. The SMILES string of the molecule is N#Cc1c(N)nc(N)nc1NCCc1nc2cccc(Cl)c2c(=O)n1[C@@H]1CCCNCC1. The van der Waals surface area contributed by atoms with Gasteiger partial charge < -0.3 is 22.1 Å². The molecule has 10 nitrogen and oxygen atoms in total. The Morgan fingerprint density at radius 3 is 2.91 bits per heavy atom. The number of hydrogen-bond acceptors (Lipinski definition) is 9. The van der Waals surface area contributed by atoms with Crippen LogP contribution in [-0.2, 0) is 6.42 Å². The molecule has 1 atom stereocenters. The van der Waals surface area contributed by atoms with Gasteiger partial charge in [-0.25, -0.2) is 4.98 Å². The summed E-state index contributed by atoms with van der Waals surface area (Å²) in [6.07, 6.45) is 3.11. The lowest BCUT2D eigenvalue weighted by atomic mass is 10.1. The number of hydrogen-bond donors (Lipinski definition) is 4. The Morgan fingerprint density at radius 1 is 1.25 bits per heavy atom. The Labute approximate surface area is 189 Å². The highest BCUT2D eigenvalue weighted by molar-refractivity contribution is 6.35. The molecule has 32 heavy (non-hydrogen) atoms. The van der Waals surface area contributed by atoms with Crippen molar-refractivity contribution in [3.63, 3.8) is 0 Å². The molecule has 1 aromatic carbocycles. The van der Waals surface area contributed by atoms with Crippen LogP contribution in [0.5, 0.6) is 0 Å². The lowest BCUT2D eigenvalue weighted by molar-refractivity contribution is 0.424. The second-order valence-electron chi connectivity index (χ2n) is 7.65. The van der Waals surface area contributed by atoms with Gasteiger partial charge in [0.1, 0.15) is 23.3 Å². The van der Waals surface area contributed by atoms with E-state index in [1.54, 1.807) is 22.8 Å². The maximum Gasteiger partial charge on any atom is 0.263 e. The molecule has 166 valence electrons. The Kier molecular flexibility index (Phi) is 6.39. The first-order valence-electron chi connectivity index (χ1n) is 10.5. The van der Waals surface area contributed by atoms with Gasteiger partial charge in [0.2, 0.25) is 5.95 Å². The third kappa shape index (κ3) is 4.30. The van der Waals surface area contributed by atoms with Crippen molar-refractivity contribution in [1.82, 2.24) is 24.8 Å². The van der Waals surface area contributed by atoms with Crippen LogP contribution in [0.15, 0.2) is 23.0 Å². The van der Waals surface area contributed by atoms with E-state index in [-0.39, 0.29) is 34.7 Å². The average molecular weight is 454 g/mol. The molecule has 0 aliphatic carbocycles. The number of rotatable bonds is 5. The van der Waals surface area contributed by atoms with E-state index in [9.17, 15) is 10.1 Å². The molecule has 1 saturated heterocycles. The van der Waals surface area contributed by atoms with E-state index in [0.717, 1.165) is 32.4 Å². The van der Waals surface area contributed by atoms with Crippen LogP contribution in [0.2, 0.25) is 5.02 Å². The summed E-state index contributed by atoms with van der Waals surface area (Å²) < 4.78 is 1.79. The van der Waals surface area contributed by atoms with Gasteiger partial charge in [-0.3, -0.25) is 9.36 Å². The fourth-order valence-electron chi connectivity index (χ4n) is 4.09. The van der Waals surface area contributed by atoms with E-state index in [0.29, 0.717) is 34.7 Å². The molecule has 3 aromatic rings. The van der Waals surface area contributed by atoms with E-state index < -0.39 is 0 Å². The first-order chi connectivity index (χ1) is 15.5. The van der Waals surface area contributed by atoms with Crippen LogP contribution < -0.4 is 27.7 Å². The number of nitrogens with zero attached hydrogens (tertiary/aromatic N) is 5. The Morgan fingerprint density at radius 2 is 2.09 bits per heavy atom.